The van der Waals surface area contributed by atoms with Crippen molar-refractivity contribution in [3.05, 3.63) is 53.6 Å². The fourth-order valence-corrected chi connectivity index (χ4v) is 2.07. The van der Waals surface area contributed by atoms with E-state index in [0.717, 1.165) is 0 Å². The second kappa shape index (κ2) is 8.05. The van der Waals surface area contributed by atoms with Crippen LogP contribution in [-0.2, 0) is 16.0 Å². The summed E-state index contributed by atoms with van der Waals surface area (Å²) in [4.78, 5) is 40.1. The zero-order chi connectivity index (χ0) is 17.5. The van der Waals surface area contributed by atoms with Crippen LogP contribution in [-0.4, -0.2) is 40.5 Å². The van der Waals surface area contributed by atoms with Crippen molar-refractivity contribution in [3.63, 3.8) is 0 Å². The van der Waals surface area contributed by atoms with Crippen LogP contribution in [0.1, 0.15) is 45.3 Å². The summed E-state index contributed by atoms with van der Waals surface area (Å²) in [5.41, 5.74) is 0.458. The van der Waals surface area contributed by atoms with Crippen LogP contribution in [0.3, 0.4) is 0 Å². The average Bonchev–Trinajstić information content (AvgIpc) is 3.00. The maximum absolute atomic E-state index is 12.3. The van der Waals surface area contributed by atoms with E-state index >= 15 is 0 Å². The van der Waals surface area contributed by atoms with Gasteiger partial charge in [0.05, 0.1) is 19.8 Å². The molecule has 0 aliphatic carbocycles. The number of aromatic nitrogens is 2. The number of imidazole rings is 1. The summed E-state index contributed by atoms with van der Waals surface area (Å²) in [5.74, 6) is -1.68. The summed E-state index contributed by atoms with van der Waals surface area (Å²) in [6.07, 6.45) is 1.32. The molecule has 0 fully saturated rings. The third kappa shape index (κ3) is 4.07. The number of carbonyl (C=O) groups excluding carboxylic acids is 3. The second-order valence-electron chi connectivity index (χ2n) is 4.81. The van der Waals surface area contributed by atoms with Gasteiger partial charge in [0.2, 0.25) is 5.82 Å². The molecule has 0 radical (unpaired) electrons. The molecule has 0 aliphatic heterocycles. The lowest BCUT2D eigenvalue weighted by molar-refractivity contribution is 0.0506. The topological polar surface area (TPSA) is 87.5 Å². The first kappa shape index (κ1) is 17.4. The second-order valence-corrected chi connectivity index (χ2v) is 4.81. The van der Waals surface area contributed by atoms with Crippen molar-refractivity contribution in [1.82, 2.24) is 9.55 Å². The van der Waals surface area contributed by atoms with Crippen LogP contribution in [0.25, 0.3) is 0 Å². The van der Waals surface area contributed by atoms with E-state index in [0.29, 0.717) is 5.56 Å². The number of carbonyl (C=O) groups is 3. The van der Waals surface area contributed by atoms with E-state index in [1.165, 1.54) is 10.8 Å². The Labute approximate surface area is 139 Å². The van der Waals surface area contributed by atoms with E-state index in [2.05, 4.69) is 4.98 Å². The van der Waals surface area contributed by atoms with E-state index in [1.54, 1.807) is 44.2 Å². The first-order chi connectivity index (χ1) is 11.6. The Morgan fingerprint density at radius 1 is 1.00 bits per heavy atom. The molecule has 0 saturated heterocycles. The summed E-state index contributed by atoms with van der Waals surface area (Å²) >= 11 is 0. The Kier molecular flexibility index (Phi) is 5.83. The van der Waals surface area contributed by atoms with Crippen molar-refractivity contribution in [1.29, 1.82) is 0 Å². The molecule has 1 aromatic heterocycles. The van der Waals surface area contributed by atoms with Crippen molar-refractivity contribution >= 4 is 17.7 Å². The molecule has 24 heavy (non-hydrogen) atoms. The minimum absolute atomic E-state index is 0.0410. The van der Waals surface area contributed by atoms with E-state index in [-0.39, 0.29) is 37.1 Å². The minimum atomic E-state index is -0.700. The number of nitrogens with zero attached hydrogens (tertiary/aromatic N) is 2. The van der Waals surface area contributed by atoms with Gasteiger partial charge in [-0.2, -0.15) is 0 Å². The Morgan fingerprint density at radius 2 is 1.62 bits per heavy atom. The molecular formula is C17H18N2O5. The van der Waals surface area contributed by atoms with Gasteiger partial charge in [-0.3, -0.25) is 4.79 Å². The SMILES string of the molecule is CCOC(=O)c1cn(CC(=O)c2ccccc2)c(C(=O)OCC)n1. The Morgan fingerprint density at radius 3 is 2.25 bits per heavy atom. The van der Waals surface area contributed by atoms with E-state index in [4.69, 9.17) is 9.47 Å². The summed E-state index contributed by atoms with van der Waals surface area (Å²) < 4.78 is 11.1. The van der Waals surface area contributed by atoms with Crippen molar-refractivity contribution in [2.75, 3.05) is 13.2 Å². The highest BCUT2D eigenvalue weighted by Crippen LogP contribution is 2.10. The predicted molar refractivity (Wildman–Crippen MR) is 84.9 cm³/mol. The van der Waals surface area contributed by atoms with Crippen LogP contribution in [0.5, 0.6) is 0 Å². The molecule has 0 aliphatic rings. The van der Waals surface area contributed by atoms with Gasteiger partial charge in [0.1, 0.15) is 0 Å². The molecule has 1 aromatic carbocycles. The number of rotatable bonds is 7. The van der Waals surface area contributed by atoms with Crippen molar-refractivity contribution in [2.45, 2.75) is 20.4 Å². The highest BCUT2D eigenvalue weighted by molar-refractivity contribution is 5.97. The van der Waals surface area contributed by atoms with Gasteiger partial charge in [-0.05, 0) is 13.8 Å². The highest BCUT2D eigenvalue weighted by atomic mass is 16.5. The average molecular weight is 330 g/mol. The Bertz CT molecular complexity index is 737. The molecule has 0 amide bonds. The fourth-order valence-electron chi connectivity index (χ4n) is 2.07. The molecule has 2 aromatic rings. The van der Waals surface area contributed by atoms with Crippen LogP contribution in [0.15, 0.2) is 36.5 Å². The molecule has 0 atom stereocenters. The van der Waals surface area contributed by atoms with Gasteiger partial charge in [0, 0.05) is 11.8 Å². The summed E-state index contributed by atoms with van der Waals surface area (Å²) in [6, 6.07) is 8.65. The number of ether oxygens (including phenoxy) is 2. The van der Waals surface area contributed by atoms with E-state index in [9.17, 15) is 14.4 Å². The van der Waals surface area contributed by atoms with Crippen LogP contribution in [0.2, 0.25) is 0 Å². The van der Waals surface area contributed by atoms with Crippen molar-refractivity contribution in [2.24, 2.45) is 0 Å². The first-order valence-corrected chi connectivity index (χ1v) is 7.56. The highest BCUT2D eigenvalue weighted by Gasteiger charge is 2.22. The molecule has 0 spiro atoms. The number of benzene rings is 1. The molecular weight excluding hydrogens is 312 g/mol. The third-order valence-corrected chi connectivity index (χ3v) is 3.13. The molecule has 0 bridgehead atoms. The van der Waals surface area contributed by atoms with Gasteiger partial charge in [0.15, 0.2) is 11.5 Å². The normalized spacial score (nSPS) is 10.2. The molecule has 0 N–H and O–H groups in total. The smallest absolute Gasteiger partial charge is 0.374 e. The van der Waals surface area contributed by atoms with Crippen LogP contribution >= 0.6 is 0 Å². The predicted octanol–water partition coefficient (Wildman–Crippen LogP) is 2.12. The molecule has 1 heterocycles. The minimum Gasteiger partial charge on any atom is -0.461 e. The van der Waals surface area contributed by atoms with E-state index in [1.807, 2.05) is 0 Å². The zero-order valence-corrected chi connectivity index (χ0v) is 13.5. The van der Waals surface area contributed by atoms with Gasteiger partial charge >= 0.3 is 11.9 Å². The number of Topliss-reactive ketones (excluding diaryl/α,β-unsaturated/α-hetero) is 1. The number of esters is 2. The van der Waals surface area contributed by atoms with Gasteiger partial charge in [-0.15, -0.1) is 0 Å². The lowest BCUT2D eigenvalue weighted by atomic mass is 10.1. The molecule has 7 heteroatoms. The maximum atomic E-state index is 12.3. The molecule has 2 rings (SSSR count). The van der Waals surface area contributed by atoms with Gasteiger partial charge < -0.3 is 14.0 Å². The molecule has 126 valence electrons. The Hall–Kier alpha value is -2.96. The van der Waals surface area contributed by atoms with Gasteiger partial charge in [-0.25, -0.2) is 14.6 Å². The molecule has 7 nitrogen and oxygen atoms in total. The summed E-state index contributed by atoms with van der Waals surface area (Å²) in [7, 11) is 0. The number of hydrogen-bond donors (Lipinski definition) is 0. The van der Waals surface area contributed by atoms with Gasteiger partial charge in [-0.1, -0.05) is 30.3 Å². The number of ketones is 1. The monoisotopic (exact) mass is 330 g/mol. The van der Waals surface area contributed by atoms with Crippen LogP contribution in [0.4, 0.5) is 0 Å². The van der Waals surface area contributed by atoms with Crippen molar-refractivity contribution in [3.8, 4) is 0 Å². The zero-order valence-electron chi connectivity index (χ0n) is 13.5. The first-order valence-electron chi connectivity index (χ1n) is 7.56. The quantitative estimate of drug-likeness (QED) is 0.571. The number of hydrogen-bond acceptors (Lipinski definition) is 6. The lowest BCUT2D eigenvalue weighted by Crippen LogP contribution is -2.17. The summed E-state index contributed by atoms with van der Waals surface area (Å²) in [5, 5.41) is 0. The van der Waals surface area contributed by atoms with E-state index < -0.39 is 11.9 Å². The van der Waals surface area contributed by atoms with Crippen molar-refractivity contribution < 1.29 is 23.9 Å². The lowest BCUT2D eigenvalue weighted by Gasteiger charge is -2.06. The van der Waals surface area contributed by atoms with Crippen LogP contribution < -0.4 is 0 Å². The molecule has 0 saturated carbocycles. The Balaban J connectivity index is 2.30. The standard InChI is InChI=1S/C17H18N2O5/c1-3-23-16(21)13-10-19(15(18-13)17(22)24-4-2)11-14(20)12-8-6-5-7-9-12/h5-10H,3-4,11H2,1-2H3. The third-order valence-electron chi connectivity index (χ3n) is 3.13. The largest absolute Gasteiger partial charge is 0.461 e. The summed E-state index contributed by atoms with van der Waals surface area (Å²) in [6.45, 7) is 3.54. The van der Waals surface area contributed by atoms with Crippen LogP contribution in [0, 0.1) is 0 Å². The maximum Gasteiger partial charge on any atom is 0.374 e. The fraction of sp³-hybridized carbons (Fsp3) is 0.294. The van der Waals surface area contributed by atoms with Gasteiger partial charge in [0.25, 0.3) is 0 Å². The molecule has 0 unspecified atom stereocenters.